The van der Waals surface area contributed by atoms with Crippen molar-refractivity contribution in [3.05, 3.63) is 54.1 Å². The average Bonchev–Trinajstić information content (AvgIpc) is 3.37. The predicted molar refractivity (Wildman–Crippen MR) is 120 cm³/mol. The minimum atomic E-state index is 0.0262. The summed E-state index contributed by atoms with van der Waals surface area (Å²) in [6, 6.07) is 10.5. The quantitative estimate of drug-likeness (QED) is 0.614. The van der Waals surface area contributed by atoms with Crippen LogP contribution in [0.1, 0.15) is 29.9 Å². The van der Waals surface area contributed by atoms with E-state index >= 15 is 0 Å². The lowest BCUT2D eigenvalue weighted by Crippen LogP contribution is -2.39. The Labute approximate surface area is 184 Å². The number of morpholine rings is 1. The van der Waals surface area contributed by atoms with Crippen LogP contribution in [0.2, 0.25) is 0 Å². The maximum atomic E-state index is 5.79. The van der Waals surface area contributed by atoms with Crippen molar-refractivity contribution in [3.63, 3.8) is 0 Å². The van der Waals surface area contributed by atoms with Crippen LogP contribution in [0.4, 0.5) is 0 Å². The molecule has 2 aliphatic rings. The number of pyridine rings is 1. The van der Waals surface area contributed by atoms with Gasteiger partial charge in [-0.15, -0.1) is 0 Å². The van der Waals surface area contributed by atoms with Gasteiger partial charge in [0, 0.05) is 57.9 Å². The summed E-state index contributed by atoms with van der Waals surface area (Å²) in [6.07, 6.45) is 5.03. The van der Waals surface area contributed by atoms with E-state index in [0.29, 0.717) is 6.61 Å². The highest BCUT2D eigenvalue weighted by atomic mass is 32.1. The zero-order valence-corrected chi connectivity index (χ0v) is 18.4. The fraction of sp³-hybridized carbons (Fsp3) is 0.545. The van der Waals surface area contributed by atoms with Crippen LogP contribution in [-0.2, 0) is 16.0 Å². The Morgan fingerprint density at radius 2 is 2.03 bits per heavy atom. The van der Waals surface area contributed by atoms with Crippen LogP contribution in [0.5, 0.6) is 0 Å². The number of nitrogens with one attached hydrogen (secondary N) is 1. The lowest BCUT2D eigenvalue weighted by molar-refractivity contribution is 0.0365. The normalized spacial score (nSPS) is 22.4. The number of hydrogen-bond acceptors (Lipinski definition) is 5. The van der Waals surface area contributed by atoms with Gasteiger partial charge in [0.25, 0.3) is 0 Å². The first-order valence-electron chi connectivity index (χ1n) is 10.7. The molecule has 7 nitrogen and oxygen atoms in total. The molecule has 2 unspecified atom stereocenters. The first-order valence-corrected chi connectivity index (χ1v) is 11.1. The molecule has 2 aliphatic heterocycles. The SMILES string of the molecule is COCCn1cccc1C1C(c2ccccn2)NC(=S)N1CCCN1CCOCC1. The van der Waals surface area contributed by atoms with E-state index in [-0.39, 0.29) is 12.1 Å². The number of aromatic nitrogens is 2. The highest BCUT2D eigenvalue weighted by Crippen LogP contribution is 2.38. The van der Waals surface area contributed by atoms with Gasteiger partial charge in [-0.25, -0.2) is 0 Å². The summed E-state index contributed by atoms with van der Waals surface area (Å²) >= 11 is 5.79. The van der Waals surface area contributed by atoms with Crippen molar-refractivity contribution in [2.75, 3.05) is 53.1 Å². The molecule has 30 heavy (non-hydrogen) atoms. The summed E-state index contributed by atoms with van der Waals surface area (Å²) in [4.78, 5) is 9.45. The van der Waals surface area contributed by atoms with Crippen LogP contribution < -0.4 is 5.32 Å². The van der Waals surface area contributed by atoms with E-state index in [0.717, 1.165) is 63.2 Å². The highest BCUT2D eigenvalue weighted by Gasteiger charge is 2.40. The Kier molecular flexibility index (Phi) is 7.33. The molecule has 4 rings (SSSR count). The molecule has 0 aliphatic carbocycles. The molecule has 0 amide bonds. The zero-order chi connectivity index (χ0) is 20.8. The molecule has 2 aromatic rings. The van der Waals surface area contributed by atoms with Crippen LogP contribution in [0.3, 0.4) is 0 Å². The summed E-state index contributed by atoms with van der Waals surface area (Å²) in [7, 11) is 1.74. The second-order valence-electron chi connectivity index (χ2n) is 7.75. The van der Waals surface area contributed by atoms with E-state index < -0.39 is 0 Å². The molecule has 2 atom stereocenters. The van der Waals surface area contributed by atoms with Crippen molar-refractivity contribution < 1.29 is 9.47 Å². The third-order valence-electron chi connectivity index (χ3n) is 5.88. The smallest absolute Gasteiger partial charge is 0.170 e. The Balaban J connectivity index is 1.54. The van der Waals surface area contributed by atoms with Crippen LogP contribution in [0.15, 0.2) is 42.7 Å². The summed E-state index contributed by atoms with van der Waals surface area (Å²) in [5.41, 5.74) is 2.25. The van der Waals surface area contributed by atoms with E-state index in [9.17, 15) is 0 Å². The van der Waals surface area contributed by atoms with E-state index in [1.165, 1.54) is 5.69 Å². The van der Waals surface area contributed by atoms with Gasteiger partial charge in [-0.05, 0) is 42.9 Å². The van der Waals surface area contributed by atoms with Gasteiger partial charge in [0.05, 0.1) is 37.6 Å². The van der Waals surface area contributed by atoms with Gasteiger partial charge in [0.2, 0.25) is 0 Å². The molecule has 1 N–H and O–H groups in total. The molecule has 8 heteroatoms. The number of hydrogen-bond donors (Lipinski definition) is 1. The minimum absolute atomic E-state index is 0.0262. The first kappa shape index (κ1) is 21.2. The van der Waals surface area contributed by atoms with Gasteiger partial charge < -0.3 is 24.3 Å². The molecule has 0 radical (unpaired) electrons. The second-order valence-corrected chi connectivity index (χ2v) is 8.13. The molecule has 2 fully saturated rings. The van der Waals surface area contributed by atoms with Gasteiger partial charge >= 0.3 is 0 Å². The topological polar surface area (TPSA) is 54.8 Å². The second kappa shape index (κ2) is 10.3. The van der Waals surface area contributed by atoms with E-state index in [1.54, 1.807) is 7.11 Å². The molecule has 0 bridgehead atoms. The highest BCUT2D eigenvalue weighted by molar-refractivity contribution is 7.80. The van der Waals surface area contributed by atoms with Gasteiger partial charge in [-0.2, -0.15) is 0 Å². The molecule has 2 saturated heterocycles. The number of methoxy groups -OCH3 is 1. The number of nitrogens with zero attached hydrogens (tertiary/aromatic N) is 4. The summed E-state index contributed by atoms with van der Waals surface area (Å²) < 4.78 is 13.1. The van der Waals surface area contributed by atoms with E-state index in [2.05, 4.69) is 49.1 Å². The Morgan fingerprint density at radius 1 is 1.17 bits per heavy atom. The van der Waals surface area contributed by atoms with Crippen molar-refractivity contribution in [2.45, 2.75) is 25.0 Å². The van der Waals surface area contributed by atoms with Crippen molar-refractivity contribution in [2.24, 2.45) is 0 Å². The van der Waals surface area contributed by atoms with E-state index in [1.807, 2.05) is 18.3 Å². The predicted octanol–water partition coefficient (Wildman–Crippen LogP) is 2.22. The van der Waals surface area contributed by atoms with Crippen LogP contribution in [0.25, 0.3) is 0 Å². The van der Waals surface area contributed by atoms with Gasteiger partial charge in [-0.3, -0.25) is 9.88 Å². The Morgan fingerprint density at radius 3 is 2.80 bits per heavy atom. The van der Waals surface area contributed by atoms with Gasteiger partial charge in [0.15, 0.2) is 5.11 Å². The standard InChI is InChI=1S/C22H31N5O2S/c1-28-15-14-26-10-4-7-19(26)21-20(18-6-2-3-8-23-18)24-22(30)27(21)11-5-9-25-12-16-29-17-13-25/h2-4,6-8,10,20-21H,5,9,11-17H2,1H3,(H,24,30). The summed E-state index contributed by atoms with van der Waals surface area (Å²) in [5, 5.41) is 4.35. The molecule has 162 valence electrons. The van der Waals surface area contributed by atoms with E-state index in [4.69, 9.17) is 21.7 Å². The van der Waals surface area contributed by atoms with Crippen LogP contribution in [0, 0.1) is 0 Å². The third kappa shape index (κ3) is 4.83. The van der Waals surface area contributed by atoms with Crippen molar-refractivity contribution in [1.29, 1.82) is 0 Å². The molecular formula is C22H31N5O2S. The maximum Gasteiger partial charge on any atom is 0.170 e. The molecule has 4 heterocycles. The van der Waals surface area contributed by atoms with Crippen LogP contribution >= 0.6 is 12.2 Å². The van der Waals surface area contributed by atoms with Crippen LogP contribution in [-0.4, -0.2) is 77.6 Å². The first-order chi connectivity index (χ1) is 14.8. The molecule has 0 saturated carbocycles. The fourth-order valence-electron chi connectivity index (χ4n) is 4.35. The van der Waals surface area contributed by atoms with Crippen molar-refractivity contribution >= 4 is 17.3 Å². The lowest BCUT2D eigenvalue weighted by atomic mass is 10.0. The maximum absolute atomic E-state index is 5.79. The lowest BCUT2D eigenvalue weighted by Gasteiger charge is -2.31. The largest absolute Gasteiger partial charge is 0.383 e. The summed E-state index contributed by atoms with van der Waals surface area (Å²) in [5.74, 6) is 0. The molecule has 2 aromatic heterocycles. The monoisotopic (exact) mass is 429 g/mol. The molecule has 0 spiro atoms. The average molecular weight is 430 g/mol. The third-order valence-corrected chi connectivity index (χ3v) is 6.23. The Hall–Kier alpha value is -2.00. The fourth-order valence-corrected chi connectivity index (χ4v) is 4.68. The Bertz CT molecular complexity index is 809. The summed E-state index contributed by atoms with van der Waals surface area (Å²) in [6.45, 7) is 7.17. The number of rotatable bonds is 9. The number of thiocarbonyl (C=S) groups is 1. The molecular weight excluding hydrogens is 398 g/mol. The number of ether oxygens (including phenoxy) is 2. The molecule has 0 aromatic carbocycles. The van der Waals surface area contributed by atoms with Gasteiger partial charge in [0.1, 0.15) is 0 Å². The van der Waals surface area contributed by atoms with Crippen molar-refractivity contribution in [3.8, 4) is 0 Å². The van der Waals surface area contributed by atoms with Gasteiger partial charge in [-0.1, -0.05) is 6.07 Å². The minimum Gasteiger partial charge on any atom is -0.383 e. The van der Waals surface area contributed by atoms with Crippen molar-refractivity contribution in [1.82, 2.24) is 24.7 Å². The zero-order valence-electron chi connectivity index (χ0n) is 17.6.